The topological polar surface area (TPSA) is 84.5 Å². The Morgan fingerprint density at radius 1 is 1.05 bits per heavy atom. The molecule has 1 heterocycles. The van der Waals surface area contributed by atoms with Crippen molar-refractivity contribution in [2.75, 3.05) is 11.9 Å². The van der Waals surface area contributed by atoms with Gasteiger partial charge in [0.05, 0.1) is 6.61 Å². The van der Waals surface area contributed by atoms with E-state index in [1.807, 2.05) is 10.6 Å². The number of carbonyl (C=O) groups excluding carboxylic acids is 3. The van der Waals surface area contributed by atoms with E-state index in [1.54, 1.807) is 24.3 Å². The Labute approximate surface area is 123 Å². The quantitative estimate of drug-likeness (QED) is 0.491. The van der Waals surface area contributed by atoms with Crippen molar-refractivity contribution in [3.63, 3.8) is 0 Å². The fraction of sp³-hybridized carbons (Fsp3) is 0.154. The third kappa shape index (κ3) is 3.45. The largest absolute Gasteiger partial charge is 0.493 e. The number of barbiturate groups is 1. The van der Waals surface area contributed by atoms with Crippen LogP contribution in [0, 0.1) is 0 Å². The molecule has 1 aromatic rings. The third-order valence-corrected chi connectivity index (χ3v) is 2.80. The Morgan fingerprint density at radius 3 is 2.20 bits per heavy atom. The molecule has 7 heteroatoms. The molecule has 0 aromatic heterocycles. The summed E-state index contributed by atoms with van der Waals surface area (Å²) < 4.78 is 5.39. The van der Waals surface area contributed by atoms with Crippen molar-refractivity contribution in [1.82, 2.24) is 10.6 Å². The molecule has 1 aliphatic rings. The normalized spacial score (nSPS) is 14.7. The second-order valence-corrected chi connectivity index (χ2v) is 4.69. The fourth-order valence-corrected chi connectivity index (χ4v) is 1.75. The maximum Gasteiger partial charge on any atom is 0.328 e. The number of benzene rings is 1. The third-order valence-electron chi connectivity index (χ3n) is 2.48. The van der Waals surface area contributed by atoms with Crippen LogP contribution in [0.2, 0.25) is 0 Å². The van der Waals surface area contributed by atoms with Crippen molar-refractivity contribution in [3.8, 4) is 5.75 Å². The molecule has 2 N–H and O–H groups in total. The Kier molecular flexibility index (Phi) is 4.52. The van der Waals surface area contributed by atoms with E-state index in [0.717, 1.165) is 5.33 Å². The highest BCUT2D eigenvalue weighted by atomic mass is 79.9. The van der Waals surface area contributed by atoms with E-state index in [0.29, 0.717) is 17.9 Å². The SMILES string of the molecule is O=C1NC(=O)C(=Cc2ccc(OCCBr)cc2)C(=O)N1. The molecule has 6 nitrogen and oxygen atoms in total. The fourth-order valence-electron chi connectivity index (χ4n) is 1.59. The zero-order valence-electron chi connectivity index (χ0n) is 10.3. The number of halogens is 1. The van der Waals surface area contributed by atoms with Gasteiger partial charge in [-0.1, -0.05) is 28.1 Å². The Balaban J connectivity index is 2.15. The molecule has 0 saturated carbocycles. The van der Waals surface area contributed by atoms with Gasteiger partial charge in [-0.25, -0.2) is 4.79 Å². The number of amides is 4. The maximum absolute atomic E-state index is 11.5. The summed E-state index contributed by atoms with van der Waals surface area (Å²) in [4.78, 5) is 34.0. The molecule has 0 unspecified atom stereocenters. The van der Waals surface area contributed by atoms with Gasteiger partial charge in [-0.15, -0.1) is 0 Å². The van der Waals surface area contributed by atoms with Gasteiger partial charge in [-0.3, -0.25) is 20.2 Å². The van der Waals surface area contributed by atoms with E-state index < -0.39 is 17.8 Å². The lowest BCUT2D eigenvalue weighted by molar-refractivity contribution is -0.123. The number of urea groups is 1. The molecule has 1 aromatic carbocycles. The number of hydrogen-bond donors (Lipinski definition) is 2. The molecule has 1 fully saturated rings. The van der Waals surface area contributed by atoms with E-state index in [1.165, 1.54) is 6.08 Å². The highest BCUT2D eigenvalue weighted by Gasteiger charge is 2.27. The molecule has 0 atom stereocenters. The standard InChI is InChI=1S/C13H11BrN2O4/c14-5-6-20-9-3-1-8(2-4-9)7-10-11(17)15-13(19)16-12(10)18/h1-4,7H,5-6H2,(H2,15,16,17,18,19). The minimum absolute atomic E-state index is 0.112. The number of carbonyl (C=O) groups is 3. The van der Waals surface area contributed by atoms with E-state index in [2.05, 4.69) is 15.9 Å². The molecular weight excluding hydrogens is 328 g/mol. The number of rotatable bonds is 4. The minimum atomic E-state index is -0.810. The molecule has 2 rings (SSSR count). The van der Waals surface area contributed by atoms with Crippen molar-refractivity contribution < 1.29 is 19.1 Å². The number of hydrogen-bond acceptors (Lipinski definition) is 4. The molecular formula is C13H11BrN2O4. The molecule has 0 aliphatic carbocycles. The van der Waals surface area contributed by atoms with Gasteiger partial charge in [0.25, 0.3) is 11.8 Å². The average molecular weight is 339 g/mol. The summed E-state index contributed by atoms with van der Waals surface area (Å²) in [5.74, 6) is -0.726. The summed E-state index contributed by atoms with van der Waals surface area (Å²) in [7, 11) is 0. The first-order valence-electron chi connectivity index (χ1n) is 5.77. The molecule has 4 amide bonds. The lowest BCUT2D eigenvalue weighted by atomic mass is 10.1. The average Bonchev–Trinajstić information content (AvgIpc) is 2.42. The van der Waals surface area contributed by atoms with Crippen molar-refractivity contribution in [3.05, 3.63) is 35.4 Å². The van der Waals surface area contributed by atoms with Crippen LogP contribution in [0.15, 0.2) is 29.8 Å². The Bertz CT molecular complexity index is 559. The molecule has 1 saturated heterocycles. The van der Waals surface area contributed by atoms with Crippen LogP contribution in [0.5, 0.6) is 5.75 Å². The predicted molar refractivity (Wildman–Crippen MR) is 75.4 cm³/mol. The van der Waals surface area contributed by atoms with Crippen LogP contribution >= 0.6 is 15.9 Å². The first-order valence-corrected chi connectivity index (χ1v) is 6.89. The molecule has 0 radical (unpaired) electrons. The molecule has 0 spiro atoms. The van der Waals surface area contributed by atoms with Gasteiger partial charge < -0.3 is 4.74 Å². The summed E-state index contributed by atoms with van der Waals surface area (Å²) in [5, 5.41) is 4.75. The first kappa shape index (κ1) is 14.3. The van der Waals surface area contributed by atoms with E-state index in [9.17, 15) is 14.4 Å². The Morgan fingerprint density at radius 2 is 1.65 bits per heavy atom. The van der Waals surface area contributed by atoms with Crippen LogP contribution < -0.4 is 15.4 Å². The van der Waals surface area contributed by atoms with Gasteiger partial charge in [0.15, 0.2) is 0 Å². The highest BCUT2D eigenvalue weighted by Crippen LogP contribution is 2.15. The molecule has 1 aliphatic heterocycles. The molecule has 104 valence electrons. The maximum atomic E-state index is 11.5. The summed E-state index contributed by atoms with van der Waals surface area (Å²) >= 11 is 3.25. The van der Waals surface area contributed by atoms with Gasteiger partial charge in [0, 0.05) is 5.33 Å². The lowest BCUT2D eigenvalue weighted by Gasteiger charge is -2.13. The summed E-state index contributed by atoms with van der Waals surface area (Å²) in [6.45, 7) is 0.549. The molecule has 0 bridgehead atoms. The number of alkyl halides is 1. The van der Waals surface area contributed by atoms with E-state index >= 15 is 0 Å². The first-order chi connectivity index (χ1) is 9.60. The van der Waals surface area contributed by atoms with Crippen LogP contribution in [0.1, 0.15) is 5.56 Å². The highest BCUT2D eigenvalue weighted by molar-refractivity contribution is 9.09. The smallest absolute Gasteiger partial charge is 0.328 e. The van der Waals surface area contributed by atoms with Gasteiger partial charge in [0.1, 0.15) is 11.3 Å². The second-order valence-electron chi connectivity index (χ2n) is 3.90. The van der Waals surface area contributed by atoms with Gasteiger partial charge in [0.2, 0.25) is 0 Å². The van der Waals surface area contributed by atoms with Crippen molar-refractivity contribution in [1.29, 1.82) is 0 Å². The van der Waals surface area contributed by atoms with Crippen LogP contribution in [-0.4, -0.2) is 29.8 Å². The summed E-state index contributed by atoms with van der Waals surface area (Å²) in [6.07, 6.45) is 1.41. The number of ether oxygens (including phenoxy) is 1. The van der Waals surface area contributed by atoms with Crippen LogP contribution in [0.4, 0.5) is 4.79 Å². The monoisotopic (exact) mass is 338 g/mol. The predicted octanol–water partition coefficient (Wildman–Crippen LogP) is 1.21. The minimum Gasteiger partial charge on any atom is -0.493 e. The van der Waals surface area contributed by atoms with Crippen LogP contribution in [0.3, 0.4) is 0 Å². The summed E-state index contributed by atoms with van der Waals surface area (Å²) in [5.41, 5.74) is 0.546. The molecule has 20 heavy (non-hydrogen) atoms. The zero-order chi connectivity index (χ0) is 14.5. The Hall–Kier alpha value is -2.15. The second kappa shape index (κ2) is 6.33. The van der Waals surface area contributed by atoms with Gasteiger partial charge in [-0.05, 0) is 23.8 Å². The van der Waals surface area contributed by atoms with Crippen molar-refractivity contribution >= 4 is 39.9 Å². The van der Waals surface area contributed by atoms with E-state index in [4.69, 9.17) is 4.74 Å². The van der Waals surface area contributed by atoms with Gasteiger partial charge in [-0.2, -0.15) is 0 Å². The van der Waals surface area contributed by atoms with Crippen LogP contribution in [0.25, 0.3) is 6.08 Å². The van der Waals surface area contributed by atoms with E-state index in [-0.39, 0.29) is 5.57 Å². The summed E-state index contributed by atoms with van der Waals surface area (Å²) in [6, 6.07) is 6.09. The lowest BCUT2D eigenvalue weighted by Crippen LogP contribution is -2.51. The van der Waals surface area contributed by atoms with Gasteiger partial charge >= 0.3 is 6.03 Å². The number of imide groups is 2. The van der Waals surface area contributed by atoms with Crippen molar-refractivity contribution in [2.45, 2.75) is 0 Å². The van der Waals surface area contributed by atoms with Crippen LogP contribution in [-0.2, 0) is 9.59 Å². The number of nitrogens with one attached hydrogen (secondary N) is 2. The zero-order valence-corrected chi connectivity index (χ0v) is 11.9. The van der Waals surface area contributed by atoms with Crippen molar-refractivity contribution in [2.24, 2.45) is 0 Å².